The molecule has 5 heterocycles. The number of aromatic nitrogens is 5. The number of aliphatic imine (C=N–C) groups is 1. The van der Waals surface area contributed by atoms with Crippen molar-refractivity contribution < 1.29 is 0 Å². The monoisotopic (exact) mass is 421 g/mol. The third kappa shape index (κ3) is 4.23. The molecule has 0 fully saturated rings. The number of anilines is 1. The molecule has 1 atom stereocenters. The number of rotatable bonds is 5. The number of hydrogen-bond acceptors (Lipinski definition) is 7. The zero-order valence-corrected chi connectivity index (χ0v) is 18.0. The van der Waals surface area contributed by atoms with Crippen LogP contribution in [0, 0.1) is 6.92 Å². The summed E-state index contributed by atoms with van der Waals surface area (Å²) in [5.74, 6) is 0.926. The molecule has 1 unspecified atom stereocenters. The van der Waals surface area contributed by atoms with Crippen LogP contribution in [0.5, 0.6) is 0 Å². The minimum atomic E-state index is 0.211. The van der Waals surface area contributed by atoms with Gasteiger partial charge in [0, 0.05) is 60.4 Å². The van der Waals surface area contributed by atoms with Gasteiger partial charge in [-0.25, -0.2) is 15.0 Å². The summed E-state index contributed by atoms with van der Waals surface area (Å²) >= 11 is 0. The lowest BCUT2D eigenvalue weighted by molar-refractivity contribution is 0.829. The fourth-order valence-corrected chi connectivity index (χ4v) is 3.78. The van der Waals surface area contributed by atoms with Crippen LogP contribution >= 0.6 is 0 Å². The molecule has 4 aromatic heterocycles. The van der Waals surface area contributed by atoms with E-state index in [0.29, 0.717) is 12.4 Å². The number of nitrogens with zero attached hydrogens (tertiary/aromatic N) is 6. The van der Waals surface area contributed by atoms with Gasteiger partial charge in [0.05, 0.1) is 16.9 Å². The van der Waals surface area contributed by atoms with Gasteiger partial charge in [-0.2, -0.15) is 0 Å². The average molecular weight is 422 g/mol. The summed E-state index contributed by atoms with van der Waals surface area (Å²) in [5, 5.41) is 3.38. The Morgan fingerprint density at radius 2 is 1.88 bits per heavy atom. The smallest absolute Gasteiger partial charge is 0.154 e. The third-order valence-corrected chi connectivity index (χ3v) is 5.43. The van der Waals surface area contributed by atoms with Crippen LogP contribution in [-0.2, 0) is 6.54 Å². The molecule has 5 rings (SSSR count). The highest BCUT2D eigenvalue weighted by Crippen LogP contribution is 2.26. The first kappa shape index (κ1) is 19.9. The molecule has 0 amide bonds. The lowest BCUT2D eigenvalue weighted by Crippen LogP contribution is -2.07. The van der Waals surface area contributed by atoms with E-state index in [1.807, 2.05) is 56.7 Å². The zero-order valence-electron chi connectivity index (χ0n) is 18.0. The molecule has 0 saturated heterocycles. The fraction of sp³-hybridized carbons (Fsp3) is 0.200. The normalized spacial score (nSPS) is 15.6. The standard InChI is InChI=1S/C25H23N7/c1-16-11-19(5-8-26-16)21-4-3-18(13-29-21)14-31-25-24-22(7-10-28-25)32-23(15-30-24)20-6-9-27-17(2)12-20/h3-5,7-13,15,20H,6,14H2,1-2H3,(H,28,31). The molecule has 1 aliphatic rings. The summed E-state index contributed by atoms with van der Waals surface area (Å²) in [4.78, 5) is 27.1. The van der Waals surface area contributed by atoms with Gasteiger partial charge >= 0.3 is 0 Å². The molecule has 0 radical (unpaired) electrons. The van der Waals surface area contributed by atoms with E-state index in [0.717, 1.165) is 51.4 Å². The molecule has 0 aliphatic carbocycles. The van der Waals surface area contributed by atoms with Crippen LogP contribution in [0.1, 0.15) is 36.2 Å². The maximum absolute atomic E-state index is 4.84. The van der Waals surface area contributed by atoms with Crippen molar-refractivity contribution >= 4 is 23.1 Å². The molecule has 0 saturated carbocycles. The van der Waals surface area contributed by atoms with Crippen molar-refractivity contribution in [3.8, 4) is 11.3 Å². The molecule has 4 aromatic rings. The van der Waals surface area contributed by atoms with Gasteiger partial charge in [0.2, 0.25) is 0 Å². The van der Waals surface area contributed by atoms with Crippen molar-refractivity contribution in [2.24, 2.45) is 4.99 Å². The van der Waals surface area contributed by atoms with Crippen LogP contribution in [0.15, 0.2) is 71.9 Å². The average Bonchev–Trinajstić information content (AvgIpc) is 2.82. The van der Waals surface area contributed by atoms with Gasteiger partial charge in [0.15, 0.2) is 5.82 Å². The van der Waals surface area contributed by atoms with Crippen LogP contribution < -0.4 is 5.32 Å². The van der Waals surface area contributed by atoms with Crippen molar-refractivity contribution in [3.63, 3.8) is 0 Å². The molecule has 7 heteroatoms. The molecule has 32 heavy (non-hydrogen) atoms. The maximum atomic E-state index is 4.84. The number of allylic oxidation sites excluding steroid dienone is 2. The number of nitrogens with one attached hydrogen (secondary N) is 1. The summed E-state index contributed by atoms with van der Waals surface area (Å²) in [6.07, 6.45) is 12.2. The van der Waals surface area contributed by atoms with Crippen LogP contribution in [-0.4, -0.2) is 31.1 Å². The summed E-state index contributed by atoms with van der Waals surface area (Å²) in [6.45, 7) is 4.58. The number of pyridine rings is 3. The van der Waals surface area contributed by atoms with E-state index in [-0.39, 0.29) is 5.92 Å². The van der Waals surface area contributed by atoms with Gasteiger partial charge in [0.25, 0.3) is 0 Å². The van der Waals surface area contributed by atoms with Gasteiger partial charge in [-0.15, -0.1) is 0 Å². The van der Waals surface area contributed by atoms with E-state index in [9.17, 15) is 0 Å². The largest absolute Gasteiger partial charge is 0.364 e. The Morgan fingerprint density at radius 1 is 0.969 bits per heavy atom. The first-order chi connectivity index (χ1) is 15.7. The van der Waals surface area contributed by atoms with Crippen LogP contribution in [0.4, 0.5) is 5.82 Å². The molecule has 0 spiro atoms. The number of fused-ring (bicyclic) bond motifs is 1. The molecule has 1 aliphatic heterocycles. The SMILES string of the molecule is CC1=CC(c2cnc3c(NCc4ccc(-c5ccnc(C)c5)nc4)nccc3n2)CC=N1. The Labute approximate surface area is 186 Å². The van der Waals surface area contributed by atoms with Gasteiger partial charge in [-0.1, -0.05) is 12.1 Å². The van der Waals surface area contributed by atoms with Gasteiger partial charge in [0.1, 0.15) is 5.52 Å². The Hall–Kier alpha value is -4.00. The molecular weight excluding hydrogens is 398 g/mol. The molecule has 0 bridgehead atoms. The predicted molar refractivity (Wildman–Crippen MR) is 126 cm³/mol. The van der Waals surface area contributed by atoms with E-state index in [2.05, 4.69) is 42.4 Å². The Kier molecular flexibility index (Phi) is 5.37. The lowest BCUT2D eigenvalue weighted by Gasteiger charge is -2.15. The summed E-state index contributed by atoms with van der Waals surface area (Å²) < 4.78 is 0. The molecule has 1 N–H and O–H groups in total. The fourth-order valence-electron chi connectivity index (χ4n) is 3.78. The van der Waals surface area contributed by atoms with Gasteiger partial charge in [-0.3, -0.25) is 15.0 Å². The Balaban J connectivity index is 1.32. The number of hydrogen-bond donors (Lipinski definition) is 1. The van der Waals surface area contributed by atoms with Crippen molar-refractivity contribution in [1.82, 2.24) is 24.9 Å². The first-order valence-corrected chi connectivity index (χ1v) is 10.6. The van der Waals surface area contributed by atoms with E-state index in [1.165, 1.54) is 0 Å². The van der Waals surface area contributed by atoms with E-state index < -0.39 is 0 Å². The van der Waals surface area contributed by atoms with Crippen molar-refractivity contribution in [2.45, 2.75) is 32.7 Å². The van der Waals surface area contributed by atoms with Crippen LogP contribution in [0.3, 0.4) is 0 Å². The second-order valence-electron chi connectivity index (χ2n) is 7.88. The summed E-state index contributed by atoms with van der Waals surface area (Å²) in [6, 6.07) is 10.00. The first-order valence-electron chi connectivity index (χ1n) is 10.6. The van der Waals surface area contributed by atoms with E-state index >= 15 is 0 Å². The zero-order chi connectivity index (χ0) is 21.9. The predicted octanol–water partition coefficient (Wildman–Crippen LogP) is 4.86. The second kappa shape index (κ2) is 8.63. The Bertz CT molecular complexity index is 1330. The van der Waals surface area contributed by atoms with E-state index in [4.69, 9.17) is 4.98 Å². The maximum Gasteiger partial charge on any atom is 0.154 e. The van der Waals surface area contributed by atoms with Gasteiger partial charge < -0.3 is 5.32 Å². The highest BCUT2D eigenvalue weighted by molar-refractivity contribution is 5.85. The van der Waals surface area contributed by atoms with Crippen molar-refractivity contribution in [2.75, 3.05) is 5.32 Å². The molecule has 7 nitrogen and oxygen atoms in total. The van der Waals surface area contributed by atoms with Crippen molar-refractivity contribution in [3.05, 3.63) is 83.8 Å². The lowest BCUT2D eigenvalue weighted by atomic mass is 9.99. The van der Waals surface area contributed by atoms with Gasteiger partial charge in [-0.05, 0) is 50.1 Å². The minimum Gasteiger partial charge on any atom is -0.364 e. The summed E-state index contributed by atoms with van der Waals surface area (Å²) in [5.41, 5.74) is 7.58. The molecular formula is C25H23N7. The van der Waals surface area contributed by atoms with Crippen LogP contribution in [0.2, 0.25) is 0 Å². The van der Waals surface area contributed by atoms with Crippen molar-refractivity contribution in [1.29, 1.82) is 0 Å². The topological polar surface area (TPSA) is 88.8 Å². The Morgan fingerprint density at radius 3 is 2.69 bits per heavy atom. The molecule has 0 aromatic carbocycles. The van der Waals surface area contributed by atoms with E-state index in [1.54, 1.807) is 12.4 Å². The summed E-state index contributed by atoms with van der Waals surface area (Å²) in [7, 11) is 0. The third-order valence-electron chi connectivity index (χ3n) is 5.43. The minimum absolute atomic E-state index is 0.211. The highest BCUT2D eigenvalue weighted by Gasteiger charge is 2.15. The highest BCUT2D eigenvalue weighted by atomic mass is 15.0. The quantitative estimate of drug-likeness (QED) is 0.495. The second-order valence-corrected chi connectivity index (χ2v) is 7.88. The number of aryl methyl sites for hydroxylation is 1. The molecule has 158 valence electrons. The van der Waals surface area contributed by atoms with Crippen LogP contribution in [0.25, 0.3) is 22.3 Å².